The van der Waals surface area contributed by atoms with Crippen molar-refractivity contribution >= 4 is 23.6 Å². The number of ketones is 2. The summed E-state index contributed by atoms with van der Waals surface area (Å²) in [5.74, 6) is -1.79. The molecule has 2 fully saturated rings. The van der Waals surface area contributed by atoms with E-state index in [1.165, 1.54) is 21.0 Å². The molecule has 3 unspecified atom stereocenters. The van der Waals surface area contributed by atoms with Crippen molar-refractivity contribution in [1.29, 1.82) is 0 Å². The number of nitrogens with two attached hydrogens (primary N) is 1. The van der Waals surface area contributed by atoms with E-state index in [2.05, 4.69) is 10.6 Å². The van der Waals surface area contributed by atoms with E-state index < -0.39 is 23.5 Å². The summed E-state index contributed by atoms with van der Waals surface area (Å²) in [6.45, 7) is 3.41. The van der Waals surface area contributed by atoms with Crippen molar-refractivity contribution in [2.45, 2.75) is 31.7 Å². The number of allylic oxidation sites excluding steroid dienone is 2. The van der Waals surface area contributed by atoms with Crippen molar-refractivity contribution in [1.82, 2.24) is 15.5 Å². The molecule has 162 valence electrons. The largest absolute Gasteiger partial charge is 0.487 e. The number of nitrogens with zero attached hydrogens (tertiary/aromatic N) is 1. The minimum atomic E-state index is -1.03. The van der Waals surface area contributed by atoms with Gasteiger partial charge in [0.15, 0.2) is 11.5 Å². The molecule has 4 atom stereocenters. The summed E-state index contributed by atoms with van der Waals surface area (Å²) in [4.78, 5) is 50.8. The summed E-state index contributed by atoms with van der Waals surface area (Å²) in [6.07, 6.45) is -0.978. The standard InChI is InChI=1S/C19H24N4O7/c1-8-14(25)13-12(15(26)16(8)29-5-4-21-9(2)24)10(7-30-18(20)27)19(28-3)17-11(22-17)6-23(13)19/h10-11,17,22H,4-7H2,1-3H3,(H2,20,27)(H,21,24)/t10?,11?,17?,19-/m1/s1. The maximum Gasteiger partial charge on any atom is 0.404 e. The van der Waals surface area contributed by atoms with Gasteiger partial charge in [-0.3, -0.25) is 14.4 Å². The number of ether oxygens (including phenoxy) is 3. The highest BCUT2D eigenvalue weighted by atomic mass is 16.6. The van der Waals surface area contributed by atoms with Crippen LogP contribution < -0.4 is 16.4 Å². The monoisotopic (exact) mass is 420 g/mol. The van der Waals surface area contributed by atoms with E-state index in [0.29, 0.717) is 6.54 Å². The highest BCUT2D eigenvalue weighted by molar-refractivity contribution is 6.25. The first-order valence-electron chi connectivity index (χ1n) is 9.66. The molecule has 11 heteroatoms. The number of fused-ring (bicyclic) bond motifs is 4. The summed E-state index contributed by atoms with van der Waals surface area (Å²) >= 11 is 0. The normalized spacial score (nSPS) is 31.4. The van der Waals surface area contributed by atoms with Gasteiger partial charge in [-0.2, -0.15) is 0 Å². The fourth-order valence-corrected chi connectivity index (χ4v) is 4.82. The van der Waals surface area contributed by atoms with Crippen LogP contribution in [0.5, 0.6) is 0 Å². The number of piperazine rings is 1. The topological polar surface area (TPSA) is 159 Å². The average molecular weight is 420 g/mol. The van der Waals surface area contributed by atoms with Crippen LogP contribution in [0.3, 0.4) is 0 Å². The summed E-state index contributed by atoms with van der Waals surface area (Å²) in [6, 6.07) is 0.0113. The van der Waals surface area contributed by atoms with Gasteiger partial charge in [-0.15, -0.1) is 0 Å². The number of methoxy groups -OCH3 is 1. The first kappa shape index (κ1) is 20.4. The molecule has 0 aromatic rings. The van der Waals surface area contributed by atoms with E-state index in [0.717, 1.165) is 0 Å². The van der Waals surface area contributed by atoms with Crippen molar-refractivity contribution in [3.8, 4) is 0 Å². The molecule has 30 heavy (non-hydrogen) atoms. The molecule has 0 bridgehead atoms. The van der Waals surface area contributed by atoms with Gasteiger partial charge in [-0.25, -0.2) is 4.79 Å². The zero-order chi connectivity index (χ0) is 21.8. The number of nitrogens with one attached hydrogen (secondary N) is 2. The molecule has 2 amide bonds. The second-order valence-corrected chi connectivity index (χ2v) is 7.71. The molecule has 0 spiro atoms. The first-order valence-corrected chi connectivity index (χ1v) is 9.66. The lowest BCUT2D eigenvalue weighted by molar-refractivity contribution is -0.137. The molecule has 11 nitrogen and oxygen atoms in total. The summed E-state index contributed by atoms with van der Waals surface area (Å²) in [5, 5.41) is 5.86. The van der Waals surface area contributed by atoms with Crippen LogP contribution >= 0.6 is 0 Å². The molecule has 0 aromatic carbocycles. The van der Waals surface area contributed by atoms with Crippen molar-refractivity contribution in [3.63, 3.8) is 0 Å². The first-order chi connectivity index (χ1) is 14.2. The van der Waals surface area contributed by atoms with Crippen molar-refractivity contribution < 1.29 is 33.4 Å². The molecular weight excluding hydrogens is 396 g/mol. The predicted molar refractivity (Wildman–Crippen MR) is 101 cm³/mol. The van der Waals surface area contributed by atoms with Gasteiger partial charge in [0.25, 0.3) is 0 Å². The molecule has 4 N–H and O–H groups in total. The number of primary amides is 1. The quantitative estimate of drug-likeness (QED) is 0.254. The van der Waals surface area contributed by atoms with Crippen molar-refractivity contribution in [3.05, 3.63) is 22.6 Å². The summed E-state index contributed by atoms with van der Waals surface area (Å²) in [7, 11) is 1.51. The lowest BCUT2D eigenvalue weighted by Crippen LogP contribution is -2.55. The Morgan fingerprint density at radius 1 is 1.33 bits per heavy atom. The number of amides is 2. The van der Waals surface area contributed by atoms with Gasteiger partial charge in [-0.1, -0.05) is 0 Å². The lowest BCUT2D eigenvalue weighted by Gasteiger charge is -2.39. The van der Waals surface area contributed by atoms with Gasteiger partial charge >= 0.3 is 6.09 Å². The van der Waals surface area contributed by atoms with Gasteiger partial charge in [0.05, 0.1) is 24.2 Å². The Balaban J connectivity index is 1.67. The van der Waals surface area contributed by atoms with Crippen LogP contribution in [0.1, 0.15) is 13.8 Å². The van der Waals surface area contributed by atoms with E-state index in [-0.39, 0.29) is 66.1 Å². The maximum atomic E-state index is 13.4. The molecule has 3 heterocycles. The SMILES string of the molecule is CO[C@@]12C(COC(N)=O)C3=C(C(=O)C(C)=C(OCCNC(C)=O)C3=O)N1CC1NC12. The van der Waals surface area contributed by atoms with Crippen LogP contribution in [-0.4, -0.2) is 79.7 Å². The van der Waals surface area contributed by atoms with Gasteiger partial charge in [0.2, 0.25) is 17.5 Å². The van der Waals surface area contributed by atoms with E-state index in [9.17, 15) is 19.2 Å². The van der Waals surface area contributed by atoms with Gasteiger partial charge < -0.3 is 35.5 Å². The van der Waals surface area contributed by atoms with E-state index >= 15 is 0 Å². The van der Waals surface area contributed by atoms with Crippen molar-refractivity contribution in [2.24, 2.45) is 11.7 Å². The van der Waals surface area contributed by atoms with Gasteiger partial charge in [-0.05, 0) is 6.92 Å². The zero-order valence-corrected chi connectivity index (χ0v) is 16.9. The van der Waals surface area contributed by atoms with Crippen LogP contribution in [0, 0.1) is 5.92 Å². The second kappa shape index (κ2) is 7.10. The Morgan fingerprint density at radius 3 is 2.70 bits per heavy atom. The number of hydrogen-bond donors (Lipinski definition) is 3. The fraction of sp³-hybridized carbons (Fsp3) is 0.579. The average Bonchev–Trinajstić information content (AvgIpc) is 3.30. The molecule has 0 radical (unpaired) electrons. The smallest absolute Gasteiger partial charge is 0.404 e. The third-order valence-corrected chi connectivity index (χ3v) is 6.10. The fourth-order valence-electron chi connectivity index (χ4n) is 4.82. The molecular formula is C19H24N4O7. The predicted octanol–water partition coefficient (Wildman–Crippen LogP) is -1.46. The number of carbonyl (C=O) groups is 4. The van der Waals surface area contributed by atoms with Crippen LogP contribution in [-0.2, 0) is 28.6 Å². The van der Waals surface area contributed by atoms with Crippen LogP contribution in [0.2, 0.25) is 0 Å². The number of carbonyl (C=O) groups excluding carboxylic acids is 4. The van der Waals surface area contributed by atoms with Crippen molar-refractivity contribution in [2.75, 3.05) is 33.4 Å². The Hall–Kier alpha value is -2.92. The number of Topliss-reactive ketones (excluding diaryl/α,β-unsaturated/α-hetero) is 2. The Kier molecular flexibility index (Phi) is 4.82. The molecule has 3 aliphatic heterocycles. The van der Waals surface area contributed by atoms with E-state index in [1.54, 1.807) is 4.90 Å². The Morgan fingerprint density at radius 2 is 2.07 bits per heavy atom. The number of hydrogen-bond acceptors (Lipinski definition) is 9. The second-order valence-electron chi connectivity index (χ2n) is 7.71. The van der Waals surface area contributed by atoms with Gasteiger partial charge in [0.1, 0.15) is 13.2 Å². The Bertz CT molecular complexity index is 911. The molecule has 1 aliphatic carbocycles. The van der Waals surface area contributed by atoms with Crippen LogP contribution in [0.4, 0.5) is 4.79 Å². The van der Waals surface area contributed by atoms with Crippen LogP contribution in [0.15, 0.2) is 22.6 Å². The third kappa shape index (κ3) is 2.80. The van der Waals surface area contributed by atoms with E-state index in [4.69, 9.17) is 19.9 Å². The minimum absolute atomic E-state index is 0.0295. The molecule has 0 saturated carbocycles. The van der Waals surface area contributed by atoms with Crippen LogP contribution in [0.25, 0.3) is 0 Å². The van der Waals surface area contributed by atoms with Gasteiger partial charge in [0, 0.05) is 37.8 Å². The molecule has 0 aromatic heterocycles. The molecule has 4 aliphatic rings. The molecule has 2 saturated heterocycles. The molecule has 4 rings (SSSR count). The minimum Gasteiger partial charge on any atom is -0.487 e. The number of rotatable bonds is 7. The Labute approximate surface area is 172 Å². The highest BCUT2D eigenvalue weighted by Crippen LogP contribution is 2.55. The lowest BCUT2D eigenvalue weighted by atomic mass is 9.83. The maximum absolute atomic E-state index is 13.4. The summed E-state index contributed by atoms with van der Waals surface area (Å²) < 4.78 is 16.5. The highest BCUT2D eigenvalue weighted by Gasteiger charge is 2.72. The third-order valence-electron chi connectivity index (χ3n) is 6.10. The summed E-state index contributed by atoms with van der Waals surface area (Å²) in [5.41, 5.74) is 4.79. The zero-order valence-electron chi connectivity index (χ0n) is 16.9. The van der Waals surface area contributed by atoms with E-state index in [1.807, 2.05) is 0 Å².